The molecule has 1 aliphatic carbocycles. The molecule has 0 N–H and O–H groups in total. The normalized spacial score (nSPS) is 36.2. The third-order valence-corrected chi connectivity index (χ3v) is 3.30. The monoisotopic (exact) mass is 160 g/mol. The largest absolute Gasteiger partial charge is 0.487 e. The van der Waals surface area contributed by atoms with Gasteiger partial charge in [0.15, 0.2) is 0 Å². The quantitative estimate of drug-likeness (QED) is 0.567. The van der Waals surface area contributed by atoms with Gasteiger partial charge in [0.25, 0.3) is 0 Å². The summed E-state index contributed by atoms with van der Waals surface area (Å²) in [5.74, 6) is 1.79. The number of hydrogen-bond acceptors (Lipinski definition) is 1. The van der Waals surface area contributed by atoms with Crippen LogP contribution in [0.5, 0.6) is 5.75 Å². The minimum Gasteiger partial charge on any atom is -0.487 e. The zero-order chi connectivity index (χ0) is 8.18. The number of ether oxygens (including phenoxy) is 1. The Bertz CT molecular complexity index is 332. The maximum absolute atomic E-state index is 5.89. The molecule has 3 rings (SSSR count). The smallest absolute Gasteiger partial charge is 0.123 e. The van der Waals surface area contributed by atoms with Crippen LogP contribution < -0.4 is 4.74 Å². The summed E-state index contributed by atoms with van der Waals surface area (Å²) >= 11 is 0. The van der Waals surface area contributed by atoms with Gasteiger partial charge in [-0.25, -0.2) is 0 Å². The van der Waals surface area contributed by atoms with E-state index in [4.69, 9.17) is 4.74 Å². The van der Waals surface area contributed by atoms with Crippen LogP contribution in [0.15, 0.2) is 24.3 Å². The van der Waals surface area contributed by atoms with E-state index in [9.17, 15) is 0 Å². The van der Waals surface area contributed by atoms with Crippen LogP contribution in [0.2, 0.25) is 0 Å². The first-order valence-electron chi connectivity index (χ1n) is 4.57. The maximum Gasteiger partial charge on any atom is 0.123 e. The first-order chi connectivity index (χ1) is 5.80. The lowest BCUT2D eigenvalue weighted by atomic mass is 9.69. The van der Waals surface area contributed by atoms with Gasteiger partial charge in [0.1, 0.15) is 11.4 Å². The fraction of sp³-hybridized carbons (Fsp3) is 0.455. The van der Waals surface area contributed by atoms with Gasteiger partial charge in [-0.3, -0.25) is 0 Å². The van der Waals surface area contributed by atoms with Crippen molar-refractivity contribution in [2.75, 3.05) is 0 Å². The summed E-state index contributed by atoms with van der Waals surface area (Å²) in [7, 11) is 0. The molecule has 2 unspecified atom stereocenters. The van der Waals surface area contributed by atoms with E-state index >= 15 is 0 Å². The Kier molecular flexibility index (Phi) is 1.00. The van der Waals surface area contributed by atoms with Crippen LogP contribution in [0.3, 0.4) is 0 Å². The Morgan fingerprint density at radius 2 is 2.25 bits per heavy atom. The Balaban J connectivity index is 2.14. The van der Waals surface area contributed by atoms with Crippen molar-refractivity contribution in [2.45, 2.75) is 31.3 Å². The number of benzene rings is 1. The molecule has 1 heteroatoms. The highest BCUT2D eigenvalue weighted by atomic mass is 16.5. The fourth-order valence-corrected chi connectivity index (χ4v) is 2.41. The molecular weight excluding hydrogens is 148 g/mol. The lowest BCUT2D eigenvalue weighted by Gasteiger charge is -2.40. The molecule has 0 saturated heterocycles. The molecule has 2 aliphatic rings. The van der Waals surface area contributed by atoms with Crippen LogP contribution in [0.1, 0.15) is 31.2 Å². The van der Waals surface area contributed by atoms with Crippen LogP contribution in [0.25, 0.3) is 0 Å². The third-order valence-electron chi connectivity index (χ3n) is 3.30. The Morgan fingerprint density at radius 3 is 3.00 bits per heavy atom. The molecule has 0 aromatic heterocycles. The Hall–Kier alpha value is -0.980. The van der Waals surface area contributed by atoms with Crippen LogP contribution >= 0.6 is 0 Å². The third kappa shape index (κ3) is 0.603. The lowest BCUT2D eigenvalue weighted by molar-refractivity contribution is 0.0140. The molecule has 1 nitrogen and oxygen atoms in total. The molecule has 0 bridgehead atoms. The van der Waals surface area contributed by atoms with Crippen molar-refractivity contribution >= 4 is 0 Å². The maximum atomic E-state index is 5.89. The van der Waals surface area contributed by atoms with Crippen molar-refractivity contribution < 1.29 is 4.74 Å². The van der Waals surface area contributed by atoms with Gasteiger partial charge in [-0.1, -0.05) is 18.2 Å². The van der Waals surface area contributed by atoms with Crippen molar-refractivity contribution in [3.63, 3.8) is 0 Å². The number of fused-ring (bicyclic) bond motifs is 3. The van der Waals surface area contributed by atoms with Crippen molar-refractivity contribution in [2.24, 2.45) is 0 Å². The first-order valence-corrected chi connectivity index (χ1v) is 4.57. The lowest BCUT2D eigenvalue weighted by Crippen LogP contribution is -2.42. The van der Waals surface area contributed by atoms with E-state index in [1.165, 1.54) is 18.4 Å². The van der Waals surface area contributed by atoms with Crippen molar-refractivity contribution in [3.8, 4) is 5.75 Å². The number of hydrogen-bond donors (Lipinski definition) is 0. The van der Waals surface area contributed by atoms with E-state index in [1.54, 1.807) is 0 Å². The molecule has 12 heavy (non-hydrogen) atoms. The summed E-state index contributed by atoms with van der Waals surface area (Å²) in [4.78, 5) is 0. The van der Waals surface area contributed by atoms with Crippen LogP contribution in [0, 0.1) is 0 Å². The summed E-state index contributed by atoms with van der Waals surface area (Å²) in [6, 6.07) is 8.43. The average molecular weight is 160 g/mol. The van der Waals surface area contributed by atoms with E-state index in [0.29, 0.717) is 5.92 Å². The summed E-state index contributed by atoms with van der Waals surface area (Å²) in [5, 5.41) is 0. The zero-order valence-electron chi connectivity index (χ0n) is 7.21. The molecule has 62 valence electrons. The second-order valence-electron chi connectivity index (χ2n) is 4.04. The highest BCUT2D eigenvalue weighted by Crippen LogP contribution is 2.56. The van der Waals surface area contributed by atoms with Crippen molar-refractivity contribution in [3.05, 3.63) is 29.8 Å². The minimum atomic E-state index is 0.143. The van der Waals surface area contributed by atoms with Gasteiger partial charge in [0, 0.05) is 11.5 Å². The van der Waals surface area contributed by atoms with Crippen LogP contribution in [-0.2, 0) is 0 Å². The predicted molar refractivity (Wildman–Crippen MR) is 47.5 cm³/mol. The summed E-state index contributed by atoms with van der Waals surface area (Å²) < 4.78 is 5.89. The zero-order valence-corrected chi connectivity index (χ0v) is 7.21. The van der Waals surface area contributed by atoms with E-state index in [1.807, 2.05) is 6.07 Å². The molecule has 0 amide bonds. The van der Waals surface area contributed by atoms with Crippen LogP contribution in [-0.4, -0.2) is 5.60 Å². The highest BCUT2D eigenvalue weighted by molar-refractivity contribution is 5.45. The molecule has 0 radical (unpaired) electrons. The minimum absolute atomic E-state index is 0.143. The first kappa shape index (κ1) is 6.53. The van der Waals surface area contributed by atoms with E-state index in [-0.39, 0.29) is 5.60 Å². The van der Waals surface area contributed by atoms with Gasteiger partial charge in [-0.15, -0.1) is 0 Å². The molecule has 1 fully saturated rings. The van der Waals surface area contributed by atoms with Gasteiger partial charge in [0.05, 0.1) is 0 Å². The van der Waals surface area contributed by atoms with E-state index in [2.05, 4.69) is 25.1 Å². The molecule has 1 aromatic rings. The topological polar surface area (TPSA) is 9.23 Å². The SMILES string of the molecule is CC12CCC1c1ccccc1O2. The van der Waals surface area contributed by atoms with Gasteiger partial charge >= 0.3 is 0 Å². The summed E-state index contributed by atoms with van der Waals surface area (Å²) in [6.07, 6.45) is 2.51. The molecule has 1 heterocycles. The standard InChI is InChI=1S/C11H12O/c1-11-7-6-9(11)8-4-2-3-5-10(8)12-11/h2-5,9H,6-7H2,1H3. The molecular formula is C11H12O. The number of para-hydroxylation sites is 1. The van der Waals surface area contributed by atoms with E-state index in [0.717, 1.165) is 5.75 Å². The second-order valence-corrected chi connectivity index (χ2v) is 4.04. The molecule has 2 atom stereocenters. The molecule has 0 spiro atoms. The highest BCUT2D eigenvalue weighted by Gasteiger charge is 2.51. The van der Waals surface area contributed by atoms with Crippen molar-refractivity contribution in [1.82, 2.24) is 0 Å². The van der Waals surface area contributed by atoms with E-state index < -0.39 is 0 Å². The summed E-state index contributed by atoms with van der Waals surface area (Å²) in [5.41, 5.74) is 1.57. The van der Waals surface area contributed by atoms with Gasteiger partial charge in [-0.05, 0) is 25.8 Å². The molecule has 1 aromatic carbocycles. The van der Waals surface area contributed by atoms with Gasteiger partial charge in [0.2, 0.25) is 0 Å². The summed E-state index contributed by atoms with van der Waals surface area (Å²) in [6.45, 7) is 2.22. The number of rotatable bonds is 0. The second kappa shape index (κ2) is 1.85. The van der Waals surface area contributed by atoms with Crippen molar-refractivity contribution in [1.29, 1.82) is 0 Å². The Labute approximate surface area is 72.4 Å². The van der Waals surface area contributed by atoms with Crippen LogP contribution in [0.4, 0.5) is 0 Å². The average Bonchev–Trinajstić information content (AvgIpc) is 2.23. The molecule has 1 aliphatic heterocycles. The predicted octanol–water partition coefficient (Wildman–Crippen LogP) is 2.72. The van der Waals surface area contributed by atoms with Gasteiger partial charge < -0.3 is 4.74 Å². The molecule has 1 saturated carbocycles. The fourth-order valence-electron chi connectivity index (χ4n) is 2.41. The van der Waals surface area contributed by atoms with Gasteiger partial charge in [-0.2, -0.15) is 0 Å². The Morgan fingerprint density at radius 1 is 1.42 bits per heavy atom.